The van der Waals surface area contributed by atoms with E-state index in [1.807, 2.05) is 32.0 Å². The van der Waals surface area contributed by atoms with Crippen molar-refractivity contribution in [1.29, 1.82) is 0 Å². The minimum absolute atomic E-state index is 0.0572. The third kappa shape index (κ3) is 3.38. The maximum atomic E-state index is 12.9. The Morgan fingerprint density at radius 1 is 1.12 bits per heavy atom. The molecule has 0 radical (unpaired) electrons. The predicted octanol–water partition coefficient (Wildman–Crippen LogP) is 2.60. The summed E-state index contributed by atoms with van der Waals surface area (Å²) in [6.45, 7) is 3.22. The highest BCUT2D eigenvalue weighted by atomic mass is 16.2. The molecule has 4 aliphatic carbocycles. The lowest BCUT2D eigenvalue weighted by Crippen LogP contribution is -2.54. The standard InChI is InChI=1S/C20H31N5O/c1-13-23-17(9-18(24-13)25(2)3)21-4-5-22-19(26)20-10-14-6-15(11-20)8-16(7-14)12-20/h9,14-16H,4-8,10-12H2,1-3H3,(H,22,26)(H,21,23,24). The first-order valence-electron chi connectivity index (χ1n) is 9.99. The second-order valence-corrected chi connectivity index (χ2v) is 8.93. The number of amides is 1. The molecule has 1 heterocycles. The lowest BCUT2D eigenvalue weighted by molar-refractivity contribution is -0.146. The fourth-order valence-electron chi connectivity index (χ4n) is 5.81. The van der Waals surface area contributed by atoms with Crippen LogP contribution in [0.25, 0.3) is 0 Å². The van der Waals surface area contributed by atoms with Gasteiger partial charge in [-0.3, -0.25) is 4.79 Å². The van der Waals surface area contributed by atoms with Crippen molar-refractivity contribution in [1.82, 2.24) is 15.3 Å². The Hall–Kier alpha value is -1.85. The lowest BCUT2D eigenvalue weighted by atomic mass is 9.49. The van der Waals surface area contributed by atoms with Crippen molar-refractivity contribution in [2.45, 2.75) is 45.4 Å². The van der Waals surface area contributed by atoms with E-state index in [0.717, 1.165) is 54.5 Å². The Kier molecular flexibility index (Phi) is 4.53. The molecule has 1 aromatic heterocycles. The first kappa shape index (κ1) is 17.6. The third-order valence-corrected chi connectivity index (χ3v) is 6.52. The molecule has 0 aliphatic heterocycles. The van der Waals surface area contributed by atoms with Gasteiger partial charge in [0, 0.05) is 38.7 Å². The number of carbonyl (C=O) groups excluding carboxylic acids is 1. The van der Waals surface area contributed by atoms with Crippen LogP contribution in [-0.4, -0.2) is 43.1 Å². The monoisotopic (exact) mass is 357 g/mol. The summed E-state index contributed by atoms with van der Waals surface area (Å²) in [4.78, 5) is 23.7. The molecular formula is C20H31N5O. The topological polar surface area (TPSA) is 70.2 Å². The van der Waals surface area contributed by atoms with Crippen molar-refractivity contribution in [3.8, 4) is 0 Å². The van der Waals surface area contributed by atoms with Gasteiger partial charge in [0.25, 0.3) is 0 Å². The largest absolute Gasteiger partial charge is 0.368 e. The van der Waals surface area contributed by atoms with Crippen LogP contribution in [0.4, 0.5) is 11.6 Å². The zero-order valence-electron chi connectivity index (χ0n) is 16.2. The van der Waals surface area contributed by atoms with E-state index in [1.165, 1.54) is 19.3 Å². The minimum atomic E-state index is -0.0572. The Morgan fingerprint density at radius 2 is 1.73 bits per heavy atom. The van der Waals surface area contributed by atoms with Gasteiger partial charge in [0.15, 0.2) is 0 Å². The molecule has 4 bridgehead atoms. The van der Waals surface area contributed by atoms with Crippen LogP contribution in [0.1, 0.15) is 44.3 Å². The van der Waals surface area contributed by atoms with Gasteiger partial charge in [-0.2, -0.15) is 0 Å². The van der Waals surface area contributed by atoms with Crippen LogP contribution < -0.4 is 15.5 Å². The van der Waals surface area contributed by atoms with Gasteiger partial charge in [-0.05, 0) is 63.2 Å². The quantitative estimate of drug-likeness (QED) is 0.766. The molecule has 0 atom stereocenters. The van der Waals surface area contributed by atoms with Crippen LogP contribution in [-0.2, 0) is 4.79 Å². The number of hydrogen-bond donors (Lipinski definition) is 2. The van der Waals surface area contributed by atoms with Crippen LogP contribution >= 0.6 is 0 Å². The van der Waals surface area contributed by atoms with Gasteiger partial charge in [-0.1, -0.05) is 0 Å². The molecule has 4 fully saturated rings. The molecule has 1 amide bonds. The lowest BCUT2D eigenvalue weighted by Gasteiger charge is -2.55. The molecule has 6 heteroatoms. The zero-order chi connectivity index (χ0) is 18.3. The number of nitrogens with zero attached hydrogens (tertiary/aromatic N) is 3. The van der Waals surface area contributed by atoms with Crippen molar-refractivity contribution >= 4 is 17.5 Å². The van der Waals surface area contributed by atoms with E-state index < -0.39 is 0 Å². The van der Waals surface area contributed by atoms with E-state index in [0.29, 0.717) is 19.0 Å². The van der Waals surface area contributed by atoms with Crippen LogP contribution in [0.2, 0.25) is 0 Å². The Labute approximate surface area is 156 Å². The molecule has 0 aromatic carbocycles. The number of aromatic nitrogens is 2. The summed E-state index contributed by atoms with van der Waals surface area (Å²) in [5, 5.41) is 6.52. The second-order valence-electron chi connectivity index (χ2n) is 8.93. The minimum Gasteiger partial charge on any atom is -0.368 e. The number of carbonyl (C=O) groups is 1. The molecule has 4 aliphatic rings. The molecule has 142 valence electrons. The Morgan fingerprint density at radius 3 is 2.31 bits per heavy atom. The summed E-state index contributed by atoms with van der Waals surface area (Å²) >= 11 is 0. The van der Waals surface area contributed by atoms with E-state index in [-0.39, 0.29) is 5.41 Å². The van der Waals surface area contributed by atoms with Gasteiger partial charge in [0.2, 0.25) is 5.91 Å². The first-order valence-corrected chi connectivity index (χ1v) is 9.99. The van der Waals surface area contributed by atoms with Crippen molar-refractivity contribution in [3.05, 3.63) is 11.9 Å². The highest BCUT2D eigenvalue weighted by Gasteiger charge is 2.54. The maximum Gasteiger partial charge on any atom is 0.226 e. The SMILES string of the molecule is Cc1nc(NCCNC(=O)C23CC4CC(CC(C4)C2)C3)cc(N(C)C)n1. The van der Waals surface area contributed by atoms with E-state index in [9.17, 15) is 4.79 Å². The Balaban J connectivity index is 1.29. The van der Waals surface area contributed by atoms with Gasteiger partial charge in [0.05, 0.1) is 0 Å². The van der Waals surface area contributed by atoms with Gasteiger partial charge < -0.3 is 15.5 Å². The first-order chi connectivity index (χ1) is 12.4. The number of aryl methyl sites for hydroxylation is 1. The average Bonchev–Trinajstić information content (AvgIpc) is 2.56. The normalized spacial score (nSPS) is 31.7. The van der Waals surface area contributed by atoms with Gasteiger partial charge in [-0.15, -0.1) is 0 Å². The molecule has 0 spiro atoms. The molecule has 0 unspecified atom stereocenters. The van der Waals surface area contributed by atoms with E-state index in [1.54, 1.807) is 0 Å². The summed E-state index contributed by atoms with van der Waals surface area (Å²) < 4.78 is 0. The fraction of sp³-hybridized carbons (Fsp3) is 0.750. The molecule has 1 aromatic rings. The predicted molar refractivity (Wildman–Crippen MR) is 103 cm³/mol. The van der Waals surface area contributed by atoms with Crippen LogP contribution in [0.15, 0.2) is 6.07 Å². The van der Waals surface area contributed by atoms with E-state index >= 15 is 0 Å². The van der Waals surface area contributed by atoms with Gasteiger partial charge in [-0.25, -0.2) is 9.97 Å². The number of hydrogen-bond acceptors (Lipinski definition) is 5. The van der Waals surface area contributed by atoms with Gasteiger partial charge >= 0.3 is 0 Å². The van der Waals surface area contributed by atoms with Crippen molar-refractivity contribution < 1.29 is 4.79 Å². The van der Waals surface area contributed by atoms with Crippen LogP contribution in [0.5, 0.6) is 0 Å². The molecular weight excluding hydrogens is 326 g/mol. The number of rotatable bonds is 6. The zero-order valence-corrected chi connectivity index (χ0v) is 16.2. The molecule has 6 nitrogen and oxygen atoms in total. The average molecular weight is 358 g/mol. The number of anilines is 2. The Bertz CT molecular complexity index is 651. The van der Waals surface area contributed by atoms with Crippen molar-refractivity contribution in [3.63, 3.8) is 0 Å². The molecule has 5 rings (SSSR count). The third-order valence-electron chi connectivity index (χ3n) is 6.52. The van der Waals surface area contributed by atoms with Gasteiger partial charge in [0.1, 0.15) is 17.5 Å². The smallest absolute Gasteiger partial charge is 0.226 e. The summed E-state index contributed by atoms with van der Waals surface area (Å²) in [6.07, 6.45) is 7.47. The van der Waals surface area contributed by atoms with Crippen LogP contribution in [0.3, 0.4) is 0 Å². The molecule has 0 saturated heterocycles. The highest BCUT2D eigenvalue weighted by Crippen LogP contribution is 2.60. The van der Waals surface area contributed by atoms with Crippen molar-refractivity contribution in [2.75, 3.05) is 37.4 Å². The molecule has 4 saturated carbocycles. The van der Waals surface area contributed by atoms with Crippen molar-refractivity contribution in [2.24, 2.45) is 23.2 Å². The number of nitrogens with one attached hydrogen (secondary N) is 2. The van der Waals surface area contributed by atoms with E-state index in [2.05, 4.69) is 20.6 Å². The molecule has 26 heavy (non-hydrogen) atoms. The second kappa shape index (κ2) is 6.71. The van der Waals surface area contributed by atoms with E-state index in [4.69, 9.17) is 0 Å². The van der Waals surface area contributed by atoms with Crippen LogP contribution in [0, 0.1) is 30.1 Å². The maximum absolute atomic E-state index is 12.9. The summed E-state index contributed by atoms with van der Waals surface area (Å²) in [5.74, 6) is 5.15. The molecule has 2 N–H and O–H groups in total. The summed E-state index contributed by atoms with van der Waals surface area (Å²) in [6, 6.07) is 1.94. The fourth-order valence-corrected chi connectivity index (χ4v) is 5.81. The highest BCUT2D eigenvalue weighted by molar-refractivity contribution is 5.83. The summed E-state index contributed by atoms with van der Waals surface area (Å²) in [7, 11) is 3.94. The summed E-state index contributed by atoms with van der Waals surface area (Å²) in [5.41, 5.74) is -0.0572.